The molecule has 1 unspecified atom stereocenters. The van der Waals surface area contributed by atoms with Gasteiger partial charge in [-0.25, -0.2) is 0 Å². The van der Waals surface area contributed by atoms with Gasteiger partial charge in [-0.15, -0.1) is 0 Å². The molecule has 86 valence electrons. The molecule has 2 rings (SSSR count). The number of nitrogens with two attached hydrogens (primary N) is 1. The van der Waals surface area contributed by atoms with Crippen LogP contribution >= 0.6 is 0 Å². The zero-order valence-corrected chi connectivity index (χ0v) is 9.48. The Morgan fingerprint density at radius 3 is 3.00 bits per heavy atom. The highest BCUT2D eigenvalue weighted by Crippen LogP contribution is 2.21. The zero-order chi connectivity index (χ0) is 10.8. The summed E-state index contributed by atoms with van der Waals surface area (Å²) in [6.45, 7) is 5.98. The summed E-state index contributed by atoms with van der Waals surface area (Å²) < 4.78 is 0. The van der Waals surface area contributed by atoms with Crippen LogP contribution < -0.4 is 5.73 Å². The summed E-state index contributed by atoms with van der Waals surface area (Å²) in [5, 5.41) is 0. The van der Waals surface area contributed by atoms with Crippen LogP contribution in [0.15, 0.2) is 0 Å². The molecule has 4 nitrogen and oxygen atoms in total. The van der Waals surface area contributed by atoms with E-state index in [2.05, 4.69) is 4.90 Å². The number of fused-ring (bicyclic) bond motifs is 1. The van der Waals surface area contributed by atoms with Crippen molar-refractivity contribution in [1.82, 2.24) is 9.80 Å². The average molecular weight is 211 g/mol. The predicted molar refractivity (Wildman–Crippen MR) is 59.4 cm³/mol. The molecule has 1 amide bonds. The topological polar surface area (TPSA) is 49.6 Å². The highest BCUT2D eigenvalue weighted by Gasteiger charge is 2.33. The maximum atomic E-state index is 11.9. The Kier molecular flexibility index (Phi) is 3.26. The van der Waals surface area contributed by atoms with Crippen molar-refractivity contribution in [3.8, 4) is 0 Å². The summed E-state index contributed by atoms with van der Waals surface area (Å²) in [5.41, 5.74) is 5.78. The summed E-state index contributed by atoms with van der Waals surface area (Å²) in [5.74, 6) is 0.143. The number of amides is 1. The lowest BCUT2D eigenvalue weighted by molar-refractivity contribution is -0.135. The molecule has 0 aromatic heterocycles. The molecule has 0 aliphatic carbocycles. The summed E-state index contributed by atoms with van der Waals surface area (Å²) in [6.07, 6.45) is 3.27. The fraction of sp³-hybridized carbons (Fsp3) is 0.909. The molecular formula is C11H21N3O. The first-order valence-corrected chi connectivity index (χ1v) is 6.00. The van der Waals surface area contributed by atoms with Gasteiger partial charge in [0.25, 0.3) is 0 Å². The molecule has 0 spiro atoms. The van der Waals surface area contributed by atoms with Crippen molar-refractivity contribution in [2.75, 3.05) is 26.2 Å². The SMILES string of the molecule is CC[C@@H](N)C(=O)N1CCN2CCCC2C1. The van der Waals surface area contributed by atoms with Gasteiger partial charge in [-0.05, 0) is 25.8 Å². The third kappa shape index (κ3) is 2.16. The first kappa shape index (κ1) is 10.9. The van der Waals surface area contributed by atoms with Crippen LogP contribution in [-0.4, -0.2) is 54.0 Å². The second-order valence-corrected chi connectivity index (χ2v) is 4.63. The summed E-state index contributed by atoms with van der Waals surface area (Å²) in [4.78, 5) is 16.4. The van der Waals surface area contributed by atoms with Crippen molar-refractivity contribution in [3.63, 3.8) is 0 Å². The molecule has 2 heterocycles. The van der Waals surface area contributed by atoms with E-state index in [1.165, 1.54) is 19.4 Å². The molecular weight excluding hydrogens is 190 g/mol. The molecule has 0 saturated carbocycles. The molecule has 2 saturated heterocycles. The van der Waals surface area contributed by atoms with Gasteiger partial charge in [0.2, 0.25) is 5.91 Å². The monoisotopic (exact) mass is 211 g/mol. The molecule has 2 aliphatic heterocycles. The van der Waals surface area contributed by atoms with Gasteiger partial charge in [0, 0.05) is 25.7 Å². The summed E-state index contributed by atoms with van der Waals surface area (Å²) in [7, 11) is 0. The van der Waals surface area contributed by atoms with Crippen molar-refractivity contribution in [3.05, 3.63) is 0 Å². The van der Waals surface area contributed by atoms with E-state index in [9.17, 15) is 4.79 Å². The van der Waals surface area contributed by atoms with E-state index in [1.807, 2.05) is 11.8 Å². The minimum absolute atomic E-state index is 0.143. The van der Waals surface area contributed by atoms with Crippen molar-refractivity contribution in [1.29, 1.82) is 0 Å². The minimum atomic E-state index is -0.294. The smallest absolute Gasteiger partial charge is 0.239 e. The van der Waals surface area contributed by atoms with Gasteiger partial charge in [-0.1, -0.05) is 6.92 Å². The summed E-state index contributed by atoms with van der Waals surface area (Å²) >= 11 is 0. The molecule has 15 heavy (non-hydrogen) atoms. The third-order valence-electron chi connectivity index (χ3n) is 3.66. The molecule has 0 aromatic rings. The van der Waals surface area contributed by atoms with Gasteiger partial charge in [0.05, 0.1) is 6.04 Å². The molecule has 0 radical (unpaired) electrons. The van der Waals surface area contributed by atoms with Crippen molar-refractivity contribution in [2.24, 2.45) is 5.73 Å². The number of hydrogen-bond donors (Lipinski definition) is 1. The predicted octanol–water partition coefficient (Wildman–Crippen LogP) is 0.0303. The van der Waals surface area contributed by atoms with Crippen LogP contribution in [0.5, 0.6) is 0 Å². The Labute approximate surface area is 91.4 Å². The molecule has 4 heteroatoms. The average Bonchev–Trinajstić information content (AvgIpc) is 2.73. The molecule has 2 aliphatic rings. The minimum Gasteiger partial charge on any atom is -0.338 e. The number of hydrogen-bond acceptors (Lipinski definition) is 3. The van der Waals surface area contributed by atoms with Crippen molar-refractivity contribution >= 4 is 5.91 Å². The van der Waals surface area contributed by atoms with Crippen LogP contribution in [0.1, 0.15) is 26.2 Å². The number of carbonyl (C=O) groups is 1. The van der Waals surface area contributed by atoms with Gasteiger partial charge < -0.3 is 10.6 Å². The quantitative estimate of drug-likeness (QED) is 0.701. The second-order valence-electron chi connectivity index (χ2n) is 4.63. The van der Waals surface area contributed by atoms with Crippen molar-refractivity contribution in [2.45, 2.75) is 38.3 Å². The van der Waals surface area contributed by atoms with E-state index in [0.717, 1.165) is 26.1 Å². The fourth-order valence-electron chi connectivity index (χ4n) is 2.60. The maximum Gasteiger partial charge on any atom is 0.239 e. The van der Waals surface area contributed by atoms with Gasteiger partial charge in [0.1, 0.15) is 0 Å². The second kappa shape index (κ2) is 4.49. The van der Waals surface area contributed by atoms with Crippen LogP contribution in [-0.2, 0) is 4.79 Å². The number of nitrogens with zero attached hydrogens (tertiary/aromatic N) is 2. The molecule has 0 bridgehead atoms. The first-order valence-electron chi connectivity index (χ1n) is 6.00. The van der Waals surface area contributed by atoms with E-state index in [1.54, 1.807) is 0 Å². The molecule has 0 aromatic carbocycles. The normalized spacial score (nSPS) is 28.9. The largest absolute Gasteiger partial charge is 0.338 e. The summed E-state index contributed by atoms with van der Waals surface area (Å²) in [6, 6.07) is 0.310. The van der Waals surface area contributed by atoms with E-state index < -0.39 is 0 Å². The molecule has 2 N–H and O–H groups in total. The lowest BCUT2D eigenvalue weighted by Crippen LogP contribution is -2.55. The highest BCUT2D eigenvalue weighted by atomic mass is 16.2. The highest BCUT2D eigenvalue weighted by molar-refractivity contribution is 5.81. The Hall–Kier alpha value is -0.610. The first-order chi connectivity index (χ1) is 7.22. The van der Waals surface area contributed by atoms with E-state index in [-0.39, 0.29) is 11.9 Å². The van der Waals surface area contributed by atoms with E-state index >= 15 is 0 Å². The van der Waals surface area contributed by atoms with Crippen LogP contribution in [0.4, 0.5) is 0 Å². The van der Waals surface area contributed by atoms with Gasteiger partial charge >= 0.3 is 0 Å². The zero-order valence-electron chi connectivity index (χ0n) is 9.48. The number of carbonyl (C=O) groups excluding carboxylic acids is 1. The van der Waals surface area contributed by atoms with Crippen LogP contribution in [0.25, 0.3) is 0 Å². The van der Waals surface area contributed by atoms with E-state index in [0.29, 0.717) is 6.04 Å². The Bertz CT molecular complexity index is 244. The third-order valence-corrected chi connectivity index (χ3v) is 3.66. The van der Waals surface area contributed by atoms with Crippen LogP contribution in [0.3, 0.4) is 0 Å². The van der Waals surface area contributed by atoms with Crippen LogP contribution in [0.2, 0.25) is 0 Å². The standard InChI is InChI=1S/C11H21N3O/c1-2-10(12)11(15)14-7-6-13-5-3-4-9(13)8-14/h9-10H,2-8,12H2,1H3/t9?,10-/m1/s1. The van der Waals surface area contributed by atoms with Gasteiger partial charge in [-0.2, -0.15) is 0 Å². The Morgan fingerprint density at radius 2 is 2.27 bits per heavy atom. The number of piperazine rings is 1. The van der Waals surface area contributed by atoms with Crippen LogP contribution in [0, 0.1) is 0 Å². The maximum absolute atomic E-state index is 11.9. The van der Waals surface area contributed by atoms with E-state index in [4.69, 9.17) is 5.73 Å². The Balaban J connectivity index is 1.92. The number of rotatable bonds is 2. The lowest BCUT2D eigenvalue weighted by Gasteiger charge is -2.38. The van der Waals surface area contributed by atoms with Crippen molar-refractivity contribution < 1.29 is 4.79 Å². The van der Waals surface area contributed by atoms with Gasteiger partial charge in [0.15, 0.2) is 0 Å². The lowest BCUT2D eigenvalue weighted by atomic mass is 10.1. The fourth-order valence-corrected chi connectivity index (χ4v) is 2.60. The molecule has 2 atom stereocenters. The van der Waals surface area contributed by atoms with Gasteiger partial charge in [-0.3, -0.25) is 9.69 Å². The Morgan fingerprint density at radius 1 is 1.47 bits per heavy atom. The molecule has 2 fully saturated rings.